The molecule has 0 saturated carbocycles. The van der Waals surface area contributed by atoms with Gasteiger partial charge in [-0.2, -0.15) is 0 Å². The Balaban J connectivity index is 1.58. The Morgan fingerprint density at radius 2 is 2.00 bits per heavy atom. The van der Waals surface area contributed by atoms with Crippen molar-refractivity contribution < 1.29 is 14.2 Å². The van der Waals surface area contributed by atoms with Crippen LogP contribution in [0.4, 0.5) is 0 Å². The van der Waals surface area contributed by atoms with Crippen molar-refractivity contribution in [2.45, 2.75) is 6.10 Å². The standard InChI is InChI=1S/C11H13BrO3/c12-9-1-3-10(4-2-9)14-6-5-13-7-11-8-15-11/h1-4,11H,5-8H2/t11-/m1/s1. The van der Waals surface area contributed by atoms with Crippen LogP contribution < -0.4 is 4.74 Å². The predicted molar refractivity (Wildman–Crippen MR) is 60.2 cm³/mol. The van der Waals surface area contributed by atoms with E-state index in [-0.39, 0.29) is 0 Å². The molecule has 3 nitrogen and oxygen atoms in total. The number of hydrogen-bond acceptors (Lipinski definition) is 3. The van der Waals surface area contributed by atoms with Gasteiger partial charge in [-0.3, -0.25) is 0 Å². The van der Waals surface area contributed by atoms with Crippen molar-refractivity contribution in [1.82, 2.24) is 0 Å². The Labute approximate surface area is 97.5 Å². The van der Waals surface area contributed by atoms with Gasteiger partial charge < -0.3 is 14.2 Å². The summed E-state index contributed by atoms with van der Waals surface area (Å²) >= 11 is 3.37. The molecule has 1 atom stereocenters. The molecule has 1 aromatic carbocycles. The number of ether oxygens (including phenoxy) is 3. The van der Waals surface area contributed by atoms with Crippen LogP contribution in [0, 0.1) is 0 Å². The topological polar surface area (TPSA) is 31.0 Å². The molecule has 0 bridgehead atoms. The fourth-order valence-electron chi connectivity index (χ4n) is 1.13. The van der Waals surface area contributed by atoms with Crippen molar-refractivity contribution in [2.75, 3.05) is 26.4 Å². The van der Waals surface area contributed by atoms with Gasteiger partial charge in [0.05, 0.1) is 19.8 Å². The van der Waals surface area contributed by atoms with Gasteiger partial charge in [-0.25, -0.2) is 0 Å². The third kappa shape index (κ3) is 4.20. The molecule has 0 aromatic heterocycles. The van der Waals surface area contributed by atoms with Gasteiger partial charge >= 0.3 is 0 Å². The highest BCUT2D eigenvalue weighted by Crippen LogP contribution is 2.15. The van der Waals surface area contributed by atoms with Crippen molar-refractivity contribution in [3.63, 3.8) is 0 Å². The SMILES string of the molecule is Brc1ccc(OCCOC[C@@H]2CO2)cc1. The van der Waals surface area contributed by atoms with E-state index >= 15 is 0 Å². The van der Waals surface area contributed by atoms with Crippen LogP contribution in [0.25, 0.3) is 0 Å². The van der Waals surface area contributed by atoms with Crippen LogP contribution in [0.3, 0.4) is 0 Å². The lowest BCUT2D eigenvalue weighted by atomic mass is 10.3. The third-order valence-corrected chi connectivity index (χ3v) is 2.54. The van der Waals surface area contributed by atoms with Gasteiger partial charge in [0.25, 0.3) is 0 Å². The van der Waals surface area contributed by atoms with Crippen LogP contribution in [0.1, 0.15) is 0 Å². The number of benzene rings is 1. The lowest BCUT2D eigenvalue weighted by Crippen LogP contribution is -2.09. The molecule has 0 spiro atoms. The highest BCUT2D eigenvalue weighted by Gasteiger charge is 2.21. The van der Waals surface area contributed by atoms with Gasteiger partial charge in [0.2, 0.25) is 0 Å². The number of rotatable bonds is 6. The smallest absolute Gasteiger partial charge is 0.119 e. The summed E-state index contributed by atoms with van der Waals surface area (Å²) in [6.07, 6.45) is 0.331. The van der Waals surface area contributed by atoms with E-state index in [1.165, 1.54) is 0 Å². The molecule has 0 unspecified atom stereocenters. The summed E-state index contributed by atoms with van der Waals surface area (Å²) in [5.74, 6) is 0.865. The van der Waals surface area contributed by atoms with E-state index in [9.17, 15) is 0 Å². The molecule has 1 aromatic rings. The van der Waals surface area contributed by atoms with Gasteiger partial charge in [0.15, 0.2) is 0 Å². The monoisotopic (exact) mass is 272 g/mol. The first-order valence-electron chi connectivity index (χ1n) is 4.92. The Morgan fingerprint density at radius 1 is 1.27 bits per heavy atom. The second-order valence-electron chi connectivity index (χ2n) is 3.33. The van der Waals surface area contributed by atoms with Crippen LogP contribution >= 0.6 is 15.9 Å². The highest BCUT2D eigenvalue weighted by molar-refractivity contribution is 9.10. The summed E-state index contributed by atoms with van der Waals surface area (Å²) in [6.45, 7) is 2.71. The van der Waals surface area contributed by atoms with E-state index in [1.54, 1.807) is 0 Å². The molecule has 2 rings (SSSR count). The molecule has 1 fully saturated rings. The van der Waals surface area contributed by atoms with Crippen molar-refractivity contribution >= 4 is 15.9 Å². The van der Waals surface area contributed by atoms with Gasteiger partial charge in [-0.15, -0.1) is 0 Å². The fraction of sp³-hybridized carbons (Fsp3) is 0.455. The molecule has 0 radical (unpaired) electrons. The molecule has 82 valence electrons. The number of halogens is 1. The van der Waals surface area contributed by atoms with Crippen LogP contribution in [-0.2, 0) is 9.47 Å². The van der Waals surface area contributed by atoms with Crippen molar-refractivity contribution in [2.24, 2.45) is 0 Å². The number of epoxide rings is 1. The summed E-state index contributed by atoms with van der Waals surface area (Å²) in [7, 11) is 0. The van der Waals surface area contributed by atoms with Gasteiger partial charge in [0.1, 0.15) is 18.5 Å². The maximum atomic E-state index is 5.48. The van der Waals surface area contributed by atoms with E-state index in [1.807, 2.05) is 24.3 Å². The Kier molecular flexibility index (Phi) is 4.00. The van der Waals surface area contributed by atoms with Crippen molar-refractivity contribution in [1.29, 1.82) is 0 Å². The molecule has 0 amide bonds. The molecule has 15 heavy (non-hydrogen) atoms. The summed E-state index contributed by atoms with van der Waals surface area (Å²) in [6, 6.07) is 7.75. The molecule has 1 aliphatic rings. The Hall–Kier alpha value is -0.580. The van der Waals surface area contributed by atoms with E-state index in [0.29, 0.717) is 25.9 Å². The zero-order valence-corrected chi connectivity index (χ0v) is 9.90. The molecule has 0 aliphatic carbocycles. The van der Waals surface area contributed by atoms with E-state index < -0.39 is 0 Å². The first-order chi connectivity index (χ1) is 7.34. The van der Waals surface area contributed by atoms with Crippen LogP contribution in [0.15, 0.2) is 28.7 Å². The normalized spacial score (nSPS) is 18.9. The van der Waals surface area contributed by atoms with Crippen LogP contribution in [0.5, 0.6) is 5.75 Å². The average Bonchev–Trinajstić information content (AvgIpc) is 3.04. The first-order valence-corrected chi connectivity index (χ1v) is 5.71. The van der Waals surface area contributed by atoms with Gasteiger partial charge in [-0.05, 0) is 24.3 Å². The summed E-state index contributed by atoms with van der Waals surface area (Å²) in [5.41, 5.74) is 0. The highest BCUT2D eigenvalue weighted by atomic mass is 79.9. The Bertz CT molecular complexity index is 295. The fourth-order valence-corrected chi connectivity index (χ4v) is 1.39. The minimum atomic E-state index is 0.331. The zero-order chi connectivity index (χ0) is 10.5. The van der Waals surface area contributed by atoms with E-state index in [4.69, 9.17) is 14.2 Å². The predicted octanol–water partition coefficient (Wildman–Crippen LogP) is 2.24. The number of hydrogen-bond donors (Lipinski definition) is 0. The lowest BCUT2D eigenvalue weighted by Gasteiger charge is -2.06. The van der Waals surface area contributed by atoms with Crippen LogP contribution in [-0.4, -0.2) is 32.5 Å². The molecule has 4 heteroatoms. The minimum Gasteiger partial charge on any atom is -0.491 e. The lowest BCUT2D eigenvalue weighted by molar-refractivity contribution is 0.0878. The van der Waals surface area contributed by atoms with E-state index in [2.05, 4.69) is 15.9 Å². The Morgan fingerprint density at radius 3 is 2.67 bits per heavy atom. The molecule has 1 heterocycles. The molecule has 1 aliphatic heterocycles. The molecule has 1 saturated heterocycles. The summed E-state index contributed by atoms with van der Waals surface area (Å²) in [5, 5.41) is 0. The maximum Gasteiger partial charge on any atom is 0.119 e. The average molecular weight is 273 g/mol. The first kappa shape index (κ1) is 10.9. The zero-order valence-electron chi connectivity index (χ0n) is 8.32. The van der Waals surface area contributed by atoms with Crippen LogP contribution in [0.2, 0.25) is 0 Å². The largest absolute Gasteiger partial charge is 0.491 e. The molecular weight excluding hydrogens is 260 g/mol. The minimum absolute atomic E-state index is 0.331. The quantitative estimate of drug-likeness (QED) is 0.588. The summed E-state index contributed by atoms with van der Waals surface area (Å²) in [4.78, 5) is 0. The van der Waals surface area contributed by atoms with Gasteiger partial charge in [-0.1, -0.05) is 15.9 Å². The summed E-state index contributed by atoms with van der Waals surface area (Å²) < 4.78 is 16.9. The molecular formula is C11H13BrO3. The second-order valence-corrected chi connectivity index (χ2v) is 4.25. The van der Waals surface area contributed by atoms with Crippen molar-refractivity contribution in [3.05, 3.63) is 28.7 Å². The maximum absolute atomic E-state index is 5.48. The van der Waals surface area contributed by atoms with E-state index in [0.717, 1.165) is 16.8 Å². The molecule has 0 N–H and O–H groups in total. The second kappa shape index (κ2) is 5.49. The van der Waals surface area contributed by atoms with Gasteiger partial charge in [0, 0.05) is 4.47 Å². The third-order valence-electron chi connectivity index (χ3n) is 2.02. The van der Waals surface area contributed by atoms with Crippen molar-refractivity contribution in [3.8, 4) is 5.75 Å².